The Bertz CT molecular complexity index is 919. The van der Waals surface area contributed by atoms with Crippen LogP contribution in [-0.2, 0) is 0 Å². The molecule has 0 atom stereocenters. The fraction of sp³-hybridized carbons (Fsp3) is 0.100. The third kappa shape index (κ3) is 4.00. The van der Waals surface area contributed by atoms with Gasteiger partial charge in [0.2, 0.25) is 0 Å². The second-order valence-electron chi connectivity index (χ2n) is 5.56. The quantitative estimate of drug-likeness (QED) is 0.488. The number of hydrogen-bond donors (Lipinski definition) is 3. The normalized spacial score (nSPS) is 10.4. The number of benzene rings is 3. The van der Waals surface area contributed by atoms with Gasteiger partial charge in [0.25, 0.3) is 11.8 Å². The Morgan fingerprint density at radius 2 is 1.28 bits per heavy atom. The maximum Gasteiger partial charge on any atom is 0.252 e. The molecule has 3 aromatic rings. The van der Waals surface area contributed by atoms with Gasteiger partial charge in [-0.25, -0.2) is 0 Å². The Labute approximate surface area is 151 Å². The van der Waals surface area contributed by atoms with E-state index in [-0.39, 0.29) is 11.8 Å². The minimum atomic E-state index is -0.204. The van der Waals surface area contributed by atoms with Crippen molar-refractivity contribution in [1.82, 2.24) is 10.6 Å². The topological polar surface area (TPSA) is 58.2 Å². The predicted molar refractivity (Wildman–Crippen MR) is 102 cm³/mol. The van der Waals surface area contributed by atoms with Crippen LogP contribution in [0.3, 0.4) is 0 Å². The highest BCUT2D eigenvalue weighted by Crippen LogP contribution is 2.18. The van der Waals surface area contributed by atoms with Crippen molar-refractivity contribution < 1.29 is 9.59 Å². The molecule has 25 heavy (non-hydrogen) atoms. The van der Waals surface area contributed by atoms with Gasteiger partial charge in [-0.3, -0.25) is 9.59 Å². The number of rotatable bonds is 5. The lowest BCUT2D eigenvalue weighted by Gasteiger charge is -2.10. The fourth-order valence-corrected chi connectivity index (χ4v) is 2.89. The molecule has 2 amide bonds. The minimum absolute atomic E-state index is 0.152. The van der Waals surface area contributed by atoms with Crippen molar-refractivity contribution >= 4 is 35.2 Å². The van der Waals surface area contributed by atoms with Crippen LogP contribution in [0.5, 0.6) is 0 Å². The summed E-state index contributed by atoms with van der Waals surface area (Å²) in [5.41, 5.74) is 1.15. The fourth-order valence-electron chi connectivity index (χ4n) is 2.63. The van der Waals surface area contributed by atoms with Crippen LogP contribution in [0.4, 0.5) is 0 Å². The van der Waals surface area contributed by atoms with E-state index in [0.29, 0.717) is 29.1 Å². The molecule has 5 heteroatoms. The van der Waals surface area contributed by atoms with Crippen LogP contribution in [0.15, 0.2) is 71.6 Å². The van der Waals surface area contributed by atoms with E-state index < -0.39 is 0 Å². The molecule has 0 aliphatic rings. The first-order valence-corrected chi connectivity index (χ1v) is 8.43. The highest BCUT2D eigenvalue weighted by molar-refractivity contribution is 7.80. The van der Waals surface area contributed by atoms with Crippen molar-refractivity contribution in [3.05, 3.63) is 77.9 Å². The number of fused-ring (bicyclic) bond motifs is 1. The number of thiol groups is 1. The van der Waals surface area contributed by atoms with Crippen molar-refractivity contribution in [2.24, 2.45) is 0 Å². The molecule has 0 bridgehead atoms. The van der Waals surface area contributed by atoms with Crippen molar-refractivity contribution in [2.45, 2.75) is 4.90 Å². The zero-order chi connectivity index (χ0) is 17.6. The molecule has 3 aromatic carbocycles. The van der Waals surface area contributed by atoms with Gasteiger partial charge in [0, 0.05) is 23.5 Å². The summed E-state index contributed by atoms with van der Waals surface area (Å²) in [5, 5.41) is 7.56. The number of hydrogen-bond acceptors (Lipinski definition) is 3. The zero-order valence-corrected chi connectivity index (χ0v) is 14.4. The first-order valence-electron chi connectivity index (χ1n) is 7.99. The standard InChI is InChI=1S/C20H18N2O2S/c23-19(16-10-5-7-14-6-1-2-8-15(14)16)21-12-13-22-20(24)17-9-3-4-11-18(17)25/h1-11,25H,12-13H2,(H,21,23)(H,22,24). The lowest BCUT2D eigenvalue weighted by atomic mass is 10.0. The van der Waals surface area contributed by atoms with Crippen molar-refractivity contribution in [3.63, 3.8) is 0 Å². The Morgan fingerprint density at radius 3 is 2.04 bits per heavy atom. The Morgan fingerprint density at radius 1 is 0.720 bits per heavy atom. The first-order chi connectivity index (χ1) is 12.2. The van der Waals surface area contributed by atoms with Crippen molar-refractivity contribution in [3.8, 4) is 0 Å². The number of nitrogens with one attached hydrogen (secondary N) is 2. The smallest absolute Gasteiger partial charge is 0.252 e. The summed E-state index contributed by atoms with van der Waals surface area (Å²) < 4.78 is 0. The monoisotopic (exact) mass is 350 g/mol. The second kappa shape index (κ2) is 7.85. The van der Waals surface area contributed by atoms with E-state index in [1.807, 2.05) is 42.5 Å². The molecule has 0 aliphatic carbocycles. The lowest BCUT2D eigenvalue weighted by Crippen LogP contribution is -2.34. The Kier molecular flexibility index (Phi) is 5.36. The van der Waals surface area contributed by atoms with Gasteiger partial charge >= 0.3 is 0 Å². The summed E-state index contributed by atoms with van der Waals surface area (Å²) in [6, 6.07) is 20.5. The molecule has 0 aliphatic heterocycles. The summed E-state index contributed by atoms with van der Waals surface area (Å²) in [5.74, 6) is -0.356. The van der Waals surface area contributed by atoms with Crippen molar-refractivity contribution in [1.29, 1.82) is 0 Å². The molecule has 0 fully saturated rings. The molecule has 2 N–H and O–H groups in total. The first kappa shape index (κ1) is 17.0. The van der Waals surface area contributed by atoms with Crippen LogP contribution in [0.25, 0.3) is 10.8 Å². The lowest BCUT2D eigenvalue weighted by molar-refractivity contribution is 0.0927. The maximum absolute atomic E-state index is 12.4. The van der Waals surface area contributed by atoms with E-state index >= 15 is 0 Å². The van der Waals surface area contributed by atoms with Crippen LogP contribution in [0, 0.1) is 0 Å². The van der Waals surface area contributed by atoms with E-state index in [9.17, 15) is 9.59 Å². The number of carbonyl (C=O) groups is 2. The molecule has 3 rings (SSSR count). The highest BCUT2D eigenvalue weighted by atomic mass is 32.1. The summed E-state index contributed by atoms with van der Waals surface area (Å²) in [6.45, 7) is 0.694. The Hall–Kier alpha value is -2.79. The summed E-state index contributed by atoms with van der Waals surface area (Å²) >= 11 is 4.27. The van der Waals surface area contributed by atoms with E-state index in [2.05, 4.69) is 23.3 Å². The van der Waals surface area contributed by atoms with Gasteiger partial charge in [0.1, 0.15) is 0 Å². The number of amides is 2. The molecule has 0 radical (unpaired) electrons. The number of carbonyl (C=O) groups excluding carboxylic acids is 2. The second-order valence-corrected chi connectivity index (χ2v) is 6.04. The van der Waals surface area contributed by atoms with E-state index in [1.165, 1.54) is 0 Å². The average Bonchev–Trinajstić information content (AvgIpc) is 2.64. The van der Waals surface area contributed by atoms with Crippen LogP contribution >= 0.6 is 12.6 Å². The molecule has 0 saturated carbocycles. The molecule has 0 heterocycles. The Balaban J connectivity index is 1.56. The molecule has 0 unspecified atom stereocenters. The molecule has 126 valence electrons. The van der Waals surface area contributed by atoms with Crippen LogP contribution in [-0.4, -0.2) is 24.9 Å². The predicted octanol–water partition coefficient (Wildman–Crippen LogP) is 3.29. The van der Waals surface area contributed by atoms with Gasteiger partial charge < -0.3 is 10.6 Å². The van der Waals surface area contributed by atoms with Gasteiger partial charge in [0.05, 0.1) is 5.56 Å². The van der Waals surface area contributed by atoms with E-state index in [4.69, 9.17) is 0 Å². The third-order valence-electron chi connectivity index (χ3n) is 3.88. The van der Waals surface area contributed by atoms with Crippen LogP contribution < -0.4 is 10.6 Å². The summed E-state index contributed by atoms with van der Waals surface area (Å²) in [6.07, 6.45) is 0. The highest BCUT2D eigenvalue weighted by Gasteiger charge is 2.10. The minimum Gasteiger partial charge on any atom is -0.350 e. The van der Waals surface area contributed by atoms with Gasteiger partial charge in [-0.2, -0.15) is 0 Å². The summed E-state index contributed by atoms with van der Waals surface area (Å²) in [7, 11) is 0. The zero-order valence-electron chi connectivity index (χ0n) is 13.5. The molecule has 4 nitrogen and oxygen atoms in total. The third-order valence-corrected chi connectivity index (χ3v) is 4.27. The van der Waals surface area contributed by atoms with Gasteiger partial charge in [-0.1, -0.05) is 48.5 Å². The molecular formula is C20H18N2O2S. The molecule has 0 spiro atoms. The average molecular weight is 350 g/mol. The molecule has 0 saturated heterocycles. The van der Waals surface area contributed by atoms with Crippen LogP contribution in [0.1, 0.15) is 20.7 Å². The molecular weight excluding hydrogens is 332 g/mol. The largest absolute Gasteiger partial charge is 0.350 e. The van der Waals surface area contributed by atoms with Gasteiger partial charge in [-0.05, 0) is 29.0 Å². The molecule has 0 aromatic heterocycles. The van der Waals surface area contributed by atoms with Crippen molar-refractivity contribution in [2.75, 3.05) is 13.1 Å². The van der Waals surface area contributed by atoms with E-state index in [0.717, 1.165) is 10.8 Å². The van der Waals surface area contributed by atoms with Gasteiger partial charge in [-0.15, -0.1) is 12.6 Å². The van der Waals surface area contributed by atoms with Crippen LogP contribution in [0.2, 0.25) is 0 Å². The van der Waals surface area contributed by atoms with E-state index in [1.54, 1.807) is 24.3 Å². The summed E-state index contributed by atoms with van der Waals surface area (Å²) in [4.78, 5) is 25.1. The maximum atomic E-state index is 12.4. The SMILES string of the molecule is O=C(NCCNC(=O)c1cccc2ccccc12)c1ccccc1S. The van der Waals surface area contributed by atoms with Gasteiger partial charge in [0.15, 0.2) is 0 Å².